The van der Waals surface area contributed by atoms with E-state index < -0.39 is 0 Å². The summed E-state index contributed by atoms with van der Waals surface area (Å²) in [6.45, 7) is 6.45. The fourth-order valence-corrected chi connectivity index (χ4v) is 4.38. The number of aromatic nitrogens is 5. The van der Waals surface area contributed by atoms with Gasteiger partial charge in [-0.25, -0.2) is 14.6 Å². The molecule has 1 amide bonds. The van der Waals surface area contributed by atoms with Crippen molar-refractivity contribution >= 4 is 17.7 Å². The Hall–Kier alpha value is -3.52. The van der Waals surface area contributed by atoms with Gasteiger partial charge in [-0.2, -0.15) is 0 Å². The molecule has 0 aliphatic carbocycles. The highest BCUT2D eigenvalue weighted by Gasteiger charge is 2.21. The van der Waals surface area contributed by atoms with Crippen molar-refractivity contribution in [1.29, 1.82) is 0 Å². The summed E-state index contributed by atoms with van der Waals surface area (Å²) in [4.78, 5) is 22.0. The first-order valence-corrected chi connectivity index (χ1v) is 11.8. The van der Waals surface area contributed by atoms with Gasteiger partial charge in [-0.05, 0) is 51.0 Å². The number of thioether (sulfide) groups is 1. The average Bonchev–Trinajstić information content (AvgIpc) is 3.22. The van der Waals surface area contributed by atoms with E-state index in [0.717, 1.165) is 29.1 Å². The first-order chi connectivity index (χ1) is 16.0. The lowest BCUT2D eigenvalue weighted by Crippen LogP contribution is -2.27. The fourth-order valence-electron chi connectivity index (χ4n) is 3.44. The number of carbonyl (C=O) groups excluding carboxylic acids is 1. The van der Waals surface area contributed by atoms with Crippen molar-refractivity contribution in [3.8, 4) is 5.69 Å². The second kappa shape index (κ2) is 10.4. The van der Waals surface area contributed by atoms with Crippen LogP contribution in [0.25, 0.3) is 5.69 Å². The fraction of sp³-hybridized carbons (Fsp3) is 0.240. The Balaban J connectivity index is 1.56. The third-order valence-electron chi connectivity index (χ3n) is 5.10. The number of benzene rings is 2. The van der Waals surface area contributed by atoms with E-state index in [9.17, 15) is 4.79 Å². The third kappa shape index (κ3) is 5.84. The highest BCUT2D eigenvalue weighted by atomic mass is 32.2. The summed E-state index contributed by atoms with van der Waals surface area (Å²) < 4.78 is 1.72. The quantitative estimate of drug-likeness (QED) is 0.314. The Morgan fingerprint density at radius 3 is 2.36 bits per heavy atom. The maximum absolute atomic E-state index is 13.0. The molecule has 0 saturated carbocycles. The molecule has 168 valence electrons. The molecule has 4 aromatic rings. The normalized spacial score (nSPS) is 10.9. The number of nitrogens with one attached hydrogen (secondary N) is 1. The number of nitrogens with zero attached hydrogens (tertiary/aromatic N) is 5. The van der Waals surface area contributed by atoms with E-state index in [0.29, 0.717) is 28.8 Å². The van der Waals surface area contributed by atoms with Crippen molar-refractivity contribution in [2.24, 2.45) is 0 Å². The summed E-state index contributed by atoms with van der Waals surface area (Å²) in [6.07, 6.45) is 0.749. The number of hydrogen-bond acceptors (Lipinski definition) is 6. The molecular formula is C25H26N6OS. The molecule has 0 aliphatic heterocycles. The van der Waals surface area contributed by atoms with Crippen molar-refractivity contribution in [2.75, 3.05) is 6.54 Å². The number of aryl methyl sites for hydroxylation is 3. The molecule has 0 radical (unpaired) electrons. The van der Waals surface area contributed by atoms with Gasteiger partial charge in [-0.15, -0.1) is 5.10 Å². The van der Waals surface area contributed by atoms with Gasteiger partial charge in [-0.3, -0.25) is 4.79 Å². The minimum Gasteiger partial charge on any atom is -0.350 e. The Labute approximate surface area is 197 Å². The van der Waals surface area contributed by atoms with Gasteiger partial charge in [0.1, 0.15) is 0 Å². The molecule has 0 fully saturated rings. The summed E-state index contributed by atoms with van der Waals surface area (Å²) >= 11 is 1.47. The minimum atomic E-state index is -0.235. The molecule has 0 bridgehead atoms. The van der Waals surface area contributed by atoms with Gasteiger partial charge in [0.25, 0.3) is 5.91 Å². The molecule has 2 aromatic carbocycles. The van der Waals surface area contributed by atoms with Gasteiger partial charge < -0.3 is 5.32 Å². The first-order valence-electron chi connectivity index (χ1n) is 10.8. The summed E-state index contributed by atoms with van der Waals surface area (Å²) in [5.41, 5.74) is 6.03. The Morgan fingerprint density at radius 2 is 1.67 bits per heavy atom. The number of carbonyl (C=O) groups is 1. The zero-order chi connectivity index (χ0) is 23.2. The van der Waals surface area contributed by atoms with Gasteiger partial charge in [0.15, 0.2) is 10.9 Å². The second-order valence-electron chi connectivity index (χ2n) is 7.85. The molecule has 1 N–H and O–H groups in total. The van der Waals surface area contributed by atoms with E-state index in [2.05, 4.69) is 25.6 Å². The topological polar surface area (TPSA) is 85.6 Å². The molecule has 4 rings (SSSR count). The lowest BCUT2D eigenvalue weighted by molar-refractivity contribution is 0.0948. The maximum atomic E-state index is 13.0. The molecule has 7 nitrogen and oxygen atoms in total. The van der Waals surface area contributed by atoms with Crippen LogP contribution in [0, 0.1) is 20.8 Å². The van der Waals surface area contributed by atoms with Crippen LogP contribution in [0.5, 0.6) is 0 Å². The molecule has 33 heavy (non-hydrogen) atoms. The zero-order valence-corrected chi connectivity index (χ0v) is 19.8. The minimum absolute atomic E-state index is 0.235. The Bertz CT molecular complexity index is 1220. The molecule has 2 heterocycles. The van der Waals surface area contributed by atoms with Crippen LogP contribution in [0.15, 0.2) is 65.8 Å². The number of amides is 1. The van der Waals surface area contributed by atoms with E-state index in [4.69, 9.17) is 0 Å². The lowest BCUT2D eigenvalue weighted by atomic mass is 10.1. The lowest BCUT2D eigenvalue weighted by Gasteiger charge is -2.09. The van der Waals surface area contributed by atoms with E-state index in [1.54, 1.807) is 4.68 Å². The van der Waals surface area contributed by atoms with Crippen LogP contribution in [-0.4, -0.2) is 37.4 Å². The van der Waals surface area contributed by atoms with Crippen LogP contribution in [0.2, 0.25) is 0 Å². The van der Waals surface area contributed by atoms with Crippen LogP contribution in [-0.2, 0) is 12.2 Å². The van der Waals surface area contributed by atoms with Gasteiger partial charge in [-0.1, -0.05) is 65.0 Å². The monoisotopic (exact) mass is 458 g/mol. The molecule has 0 saturated heterocycles. The molecule has 0 aliphatic rings. The Kier molecular flexibility index (Phi) is 7.14. The van der Waals surface area contributed by atoms with Gasteiger partial charge in [0, 0.05) is 23.7 Å². The van der Waals surface area contributed by atoms with E-state index in [-0.39, 0.29) is 5.91 Å². The molecular weight excluding hydrogens is 432 g/mol. The summed E-state index contributed by atoms with van der Waals surface area (Å²) in [6, 6.07) is 20.0. The predicted octanol–water partition coefficient (Wildman–Crippen LogP) is 4.25. The number of rotatable bonds is 8. The molecule has 2 aromatic heterocycles. The highest BCUT2D eigenvalue weighted by molar-refractivity contribution is 7.98. The molecule has 0 atom stereocenters. The van der Waals surface area contributed by atoms with Crippen LogP contribution in [0.4, 0.5) is 0 Å². The van der Waals surface area contributed by atoms with Crippen molar-refractivity contribution in [2.45, 2.75) is 38.1 Å². The second-order valence-corrected chi connectivity index (χ2v) is 8.79. The van der Waals surface area contributed by atoms with Gasteiger partial charge in [0.05, 0.1) is 11.4 Å². The van der Waals surface area contributed by atoms with E-state index in [1.165, 1.54) is 17.3 Å². The zero-order valence-electron chi connectivity index (χ0n) is 18.9. The van der Waals surface area contributed by atoms with Gasteiger partial charge in [0.2, 0.25) is 0 Å². The largest absolute Gasteiger partial charge is 0.350 e. The predicted molar refractivity (Wildman–Crippen MR) is 130 cm³/mol. The van der Waals surface area contributed by atoms with Crippen LogP contribution < -0.4 is 5.32 Å². The van der Waals surface area contributed by atoms with Crippen LogP contribution in [0.3, 0.4) is 0 Å². The highest BCUT2D eigenvalue weighted by Crippen LogP contribution is 2.24. The summed E-state index contributed by atoms with van der Waals surface area (Å²) in [5, 5.41) is 12.2. The first kappa shape index (κ1) is 22.7. The molecule has 0 unspecified atom stereocenters. The van der Waals surface area contributed by atoms with E-state index >= 15 is 0 Å². The van der Waals surface area contributed by atoms with Crippen LogP contribution in [0.1, 0.15) is 38.7 Å². The smallest absolute Gasteiger partial charge is 0.273 e. The van der Waals surface area contributed by atoms with Crippen LogP contribution >= 0.6 is 11.8 Å². The average molecular weight is 459 g/mol. The van der Waals surface area contributed by atoms with Crippen molar-refractivity contribution in [3.05, 3.63) is 94.6 Å². The van der Waals surface area contributed by atoms with E-state index in [1.807, 2.05) is 81.4 Å². The molecule has 8 heteroatoms. The third-order valence-corrected chi connectivity index (χ3v) is 5.96. The SMILES string of the molecule is Cc1ccc(-n2nnc(C(=O)NCCc3ccccc3)c2CSc2nc(C)cc(C)n2)cc1. The van der Waals surface area contributed by atoms with Crippen molar-refractivity contribution in [1.82, 2.24) is 30.3 Å². The maximum Gasteiger partial charge on any atom is 0.273 e. The summed E-state index contributed by atoms with van der Waals surface area (Å²) in [7, 11) is 0. The standard InChI is InChI=1S/C25H26N6OS/c1-17-9-11-21(12-10-17)31-22(16-33-25-27-18(2)15-19(3)28-25)23(29-30-31)24(32)26-14-13-20-7-5-4-6-8-20/h4-12,15H,13-14,16H2,1-3H3,(H,26,32). The van der Waals surface area contributed by atoms with Gasteiger partial charge >= 0.3 is 0 Å². The van der Waals surface area contributed by atoms with Crippen molar-refractivity contribution in [3.63, 3.8) is 0 Å². The Morgan fingerprint density at radius 1 is 0.970 bits per heavy atom. The summed E-state index contributed by atoms with van der Waals surface area (Å²) in [5.74, 6) is 0.229. The molecule has 0 spiro atoms. The van der Waals surface area contributed by atoms with Crippen molar-refractivity contribution < 1.29 is 4.79 Å². The number of hydrogen-bond donors (Lipinski definition) is 1.